The van der Waals surface area contributed by atoms with Gasteiger partial charge in [0.05, 0.1) is 6.04 Å². The lowest BCUT2D eigenvalue weighted by Gasteiger charge is -2.37. The summed E-state index contributed by atoms with van der Waals surface area (Å²) in [6.45, 7) is 8.79. The number of carbonyl (C=O) groups is 1. The molecule has 4 nitrogen and oxygen atoms in total. The van der Waals surface area contributed by atoms with E-state index in [0.717, 1.165) is 30.5 Å². The molecule has 1 N–H and O–H groups in total. The molecular weight excluding hydrogens is 295 g/mol. The molecule has 1 saturated heterocycles. The fourth-order valence-corrected chi connectivity index (χ4v) is 2.85. The molecule has 1 aliphatic rings. The first-order valence-electron chi connectivity index (χ1n) is 8.25. The minimum atomic E-state index is -0.494. The third-order valence-corrected chi connectivity index (χ3v) is 3.84. The standard InChI is InChI=1S/C18H27FN2O2/c1-13-9-14(19)11-15(10-13)20-12-16-7-5-6-8-21(16)17(22)23-18(2,3)4/h9-11,16,20H,5-8,12H2,1-4H3. The Labute approximate surface area is 138 Å². The second-order valence-corrected chi connectivity index (χ2v) is 7.22. The van der Waals surface area contributed by atoms with E-state index in [1.807, 2.05) is 33.8 Å². The van der Waals surface area contributed by atoms with Crippen molar-refractivity contribution >= 4 is 11.8 Å². The largest absolute Gasteiger partial charge is 0.444 e. The van der Waals surface area contributed by atoms with Crippen LogP contribution in [0.5, 0.6) is 0 Å². The summed E-state index contributed by atoms with van der Waals surface area (Å²) in [5.74, 6) is -0.250. The first-order valence-corrected chi connectivity index (χ1v) is 8.25. The number of carbonyl (C=O) groups excluding carboxylic acids is 1. The summed E-state index contributed by atoms with van der Waals surface area (Å²) in [6, 6.07) is 4.96. The molecule has 1 fully saturated rings. The van der Waals surface area contributed by atoms with Crippen molar-refractivity contribution in [1.29, 1.82) is 0 Å². The zero-order valence-corrected chi connectivity index (χ0v) is 14.5. The average molecular weight is 322 g/mol. The number of rotatable bonds is 3. The van der Waals surface area contributed by atoms with Crippen molar-refractivity contribution in [3.63, 3.8) is 0 Å². The van der Waals surface area contributed by atoms with E-state index < -0.39 is 5.60 Å². The summed E-state index contributed by atoms with van der Waals surface area (Å²) in [5, 5.41) is 3.25. The number of likely N-dealkylation sites (tertiary alicyclic amines) is 1. The topological polar surface area (TPSA) is 41.6 Å². The van der Waals surface area contributed by atoms with Gasteiger partial charge >= 0.3 is 6.09 Å². The lowest BCUT2D eigenvalue weighted by molar-refractivity contribution is 0.0114. The van der Waals surface area contributed by atoms with Gasteiger partial charge in [0.15, 0.2) is 0 Å². The number of nitrogens with one attached hydrogen (secondary N) is 1. The van der Waals surface area contributed by atoms with Crippen molar-refractivity contribution in [1.82, 2.24) is 4.90 Å². The minimum Gasteiger partial charge on any atom is -0.444 e. The highest BCUT2D eigenvalue weighted by atomic mass is 19.1. The fourth-order valence-electron chi connectivity index (χ4n) is 2.85. The highest BCUT2D eigenvalue weighted by molar-refractivity contribution is 5.68. The van der Waals surface area contributed by atoms with Crippen LogP contribution in [0, 0.1) is 12.7 Å². The Morgan fingerprint density at radius 1 is 1.35 bits per heavy atom. The molecule has 0 aromatic heterocycles. The molecule has 1 atom stereocenters. The highest BCUT2D eigenvalue weighted by Gasteiger charge is 2.30. The number of hydrogen-bond acceptors (Lipinski definition) is 3. The summed E-state index contributed by atoms with van der Waals surface area (Å²) < 4.78 is 19.0. The number of anilines is 1. The van der Waals surface area contributed by atoms with Gasteiger partial charge in [-0.1, -0.05) is 0 Å². The number of hydrogen-bond donors (Lipinski definition) is 1. The number of piperidine rings is 1. The summed E-state index contributed by atoms with van der Waals surface area (Å²) in [6.07, 6.45) is 2.75. The molecule has 0 spiro atoms. The van der Waals surface area contributed by atoms with Gasteiger partial charge in [-0.15, -0.1) is 0 Å². The van der Waals surface area contributed by atoms with Crippen LogP contribution in [0.2, 0.25) is 0 Å². The van der Waals surface area contributed by atoms with Crippen molar-refractivity contribution in [2.45, 2.75) is 58.6 Å². The number of halogens is 1. The van der Waals surface area contributed by atoms with E-state index in [2.05, 4.69) is 5.32 Å². The Balaban J connectivity index is 1.99. The van der Waals surface area contributed by atoms with E-state index in [9.17, 15) is 9.18 Å². The predicted octanol–water partition coefficient (Wildman–Crippen LogP) is 4.34. The average Bonchev–Trinajstić information content (AvgIpc) is 2.42. The molecule has 0 aliphatic carbocycles. The van der Waals surface area contributed by atoms with E-state index in [4.69, 9.17) is 4.74 Å². The van der Waals surface area contributed by atoms with E-state index in [-0.39, 0.29) is 18.0 Å². The van der Waals surface area contributed by atoms with Gasteiger partial charge in [0.2, 0.25) is 0 Å². The predicted molar refractivity (Wildman–Crippen MR) is 90.2 cm³/mol. The first kappa shape index (κ1) is 17.6. The van der Waals surface area contributed by atoms with Gasteiger partial charge in [0, 0.05) is 18.8 Å². The van der Waals surface area contributed by atoms with Crippen molar-refractivity contribution in [2.75, 3.05) is 18.4 Å². The molecule has 23 heavy (non-hydrogen) atoms. The van der Waals surface area contributed by atoms with Crippen LogP contribution < -0.4 is 5.32 Å². The molecule has 1 heterocycles. The zero-order chi connectivity index (χ0) is 17.0. The van der Waals surface area contributed by atoms with E-state index in [0.29, 0.717) is 13.1 Å². The summed E-state index contributed by atoms with van der Waals surface area (Å²) in [4.78, 5) is 14.2. The molecule has 0 radical (unpaired) electrons. The Kier molecular flexibility index (Phi) is 5.50. The molecule has 1 amide bonds. The molecule has 0 saturated carbocycles. The minimum absolute atomic E-state index is 0.0715. The van der Waals surface area contributed by atoms with E-state index in [1.54, 1.807) is 4.90 Å². The van der Waals surface area contributed by atoms with Crippen molar-refractivity contribution < 1.29 is 13.9 Å². The van der Waals surface area contributed by atoms with Crippen LogP contribution >= 0.6 is 0 Å². The maximum Gasteiger partial charge on any atom is 0.410 e. The maximum absolute atomic E-state index is 13.5. The van der Waals surface area contributed by atoms with E-state index >= 15 is 0 Å². The Morgan fingerprint density at radius 2 is 2.09 bits per heavy atom. The Hall–Kier alpha value is -1.78. The molecule has 128 valence electrons. The van der Waals surface area contributed by atoms with Crippen LogP contribution in [0.3, 0.4) is 0 Å². The van der Waals surface area contributed by atoms with Crippen LogP contribution in [0.1, 0.15) is 45.6 Å². The molecular formula is C18H27FN2O2. The zero-order valence-electron chi connectivity index (χ0n) is 14.5. The molecule has 1 aromatic rings. The third kappa shape index (κ3) is 5.41. The van der Waals surface area contributed by atoms with Crippen molar-refractivity contribution in [3.8, 4) is 0 Å². The fraction of sp³-hybridized carbons (Fsp3) is 0.611. The van der Waals surface area contributed by atoms with E-state index in [1.165, 1.54) is 12.1 Å². The van der Waals surface area contributed by atoms with Gasteiger partial charge in [-0.05, 0) is 70.7 Å². The van der Waals surface area contributed by atoms with Crippen LogP contribution in [-0.4, -0.2) is 35.7 Å². The molecule has 1 aliphatic heterocycles. The SMILES string of the molecule is Cc1cc(F)cc(NCC2CCCCN2C(=O)OC(C)(C)C)c1. The van der Waals surface area contributed by atoms with Gasteiger partial charge < -0.3 is 15.0 Å². The maximum atomic E-state index is 13.5. The summed E-state index contributed by atoms with van der Waals surface area (Å²) in [7, 11) is 0. The second kappa shape index (κ2) is 7.20. The van der Waals surface area contributed by atoms with Crippen LogP contribution in [0.15, 0.2) is 18.2 Å². The third-order valence-electron chi connectivity index (χ3n) is 3.84. The molecule has 5 heteroatoms. The van der Waals surface area contributed by atoms with Gasteiger partial charge in [0.25, 0.3) is 0 Å². The Morgan fingerprint density at radius 3 is 2.74 bits per heavy atom. The molecule has 0 bridgehead atoms. The Bertz CT molecular complexity index is 534. The highest BCUT2D eigenvalue weighted by Crippen LogP contribution is 2.21. The summed E-state index contributed by atoms with van der Waals surface area (Å²) >= 11 is 0. The number of aryl methyl sites for hydroxylation is 1. The van der Waals surface area contributed by atoms with Gasteiger partial charge in [-0.25, -0.2) is 9.18 Å². The van der Waals surface area contributed by atoms with Gasteiger partial charge in [-0.2, -0.15) is 0 Å². The van der Waals surface area contributed by atoms with Crippen LogP contribution in [-0.2, 0) is 4.74 Å². The first-order chi connectivity index (χ1) is 10.7. The number of nitrogens with zero attached hydrogens (tertiary/aromatic N) is 1. The smallest absolute Gasteiger partial charge is 0.410 e. The molecule has 2 rings (SSSR count). The van der Waals surface area contributed by atoms with Crippen LogP contribution in [0.25, 0.3) is 0 Å². The lowest BCUT2D eigenvalue weighted by atomic mass is 10.0. The second-order valence-electron chi connectivity index (χ2n) is 7.22. The van der Waals surface area contributed by atoms with Crippen LogP contribution in [0.4, 0.5) is 14.9 Å². The van der Waals surface area contributed by atoms with Crippen molar-refractivity contribution in [3.05, 3.63) is 29.6 Å². The molecule has 1 aromatic carbocycles. The number of benzene rings is 1. The number of amides is 1. The molecule has 1 unspecified atom stereocenters. The number of ether oxygens (including phenoxy) is 1. The monoisotopic (exact) mass is 322 g/mol. The van der Waals surface area contributed by atoms with Crippen molar-refractivity contribution in [2.24, 2.45) is 0 Å². The summed E-state index contributed by atoms with van der Waals surface area (Å²) in [5.41, 5.74) is 1.13. The van der Waals surface area contributed by atoms with Gasteiger partial charge in [-0.3, -0.25) is 0 Å². The lowest BCUT2D eigenvalue weighted by Crippen LogP contribution is -2.48. The normalized spacial score (nSPS) is 18.7. The quantitative estimate of drug-likeness (QED) is 0.900. The van der Waals surface area contributed by atoms with Gasteiger partial charge in [0.1, 0.15) is 11.4 Å².